The quantitative estimate of drug-likeness (QED) is 0.286. The van der Waals surface area contributed by atoms with Gasteiger partial charge in [0.15, 0.2) is 5.76 Å². The van der Waals surface area contributed by atoms with E-state index >= 15 is 0 Å². The third-order valence-corrected chi connectivity index (χ3v) is 7.18. The number of hydrogen-bond acceptors (Lipinski definition) is 7. The number of rotatable bonds is 7. The Kier molecular flexibility index (Phi) is 6.64. The van der Waals surface area contributed by atoms with E-state index in [1.165, 1.54) is 12.6 Å². The minimum absolute atomic E-state index is 0.0278. The summed E-state index contributed by atoms with van der Waals surface area (Å²) in [6.07, 6.45) is 2.88. The Morgan fingerprint density at radius 1 is 1.15 bits per heavy atom. The number of piperazine rings is 1. The normalized spacial score (nSPS) is 16.3. The van der Waals surface area contributed by atoms with E-state index in [0.29, 0.717) is 36.0 Å². The fraction of sp³-hybridized carbons (Fsp3) is 0.214. The number of halogens is 1. The molecular weight excluding hydrogens is 518 g/mol. The summed E-state index contributed by atoms with van der Waals surface area (Å²) in [5.41, 5.74) is 9.58. The summed E-state index contributed by atoms with van der Waals surface area (Å²) in [5.74, 6) is 0.285. The van der Waals surface area contributed by atoms with Crippen LogP contribution in [0.3, 0.4) is 0 Å². The SMILES string of the molecule is Nc1ncnc2cc(CN3C(=O)CN(Cc4cc5cc(Cl)ccc5[nH]4)C[C@@H]3CNC(=O)c3ccco3)ccc12. The van der Waals surface area contributed by atoms with Gasteiger partial charge in [-0.15, -0.1) is 0 Å². The molecule has 0 unspecified atom stereocenters. The van der Waals surface area contributed by atoms with Crippen LogP contribution in [0, 0.1) is 0 Å². The van der Waals surface area contributed by atoms with Gasteiger partial charge in [-0.2, -0.15) is 0 Å². The van der Waals surface area contributed by atoms with Crippen LogP contribution in [0.2, 0.25) is 5.02 Å². The monoisotopic (exact) mass is 543 g/mol. The van der Waals surface area contributed by atoms with E-state index in [2.05, 4.69) is 25.2 Å². The molecule has 198 valence electrons. The molecule has 0 saturated carbocycles. The second-order valence-corrected chi connectivity index (χ2v) is 10.1. The molecule has 3 aromatic heterocycles. The highest BCUT2D eigenvalue weighted by Crippen LogP contribution is 2.24. The topological polar surface area (TPSA) is 133 Å². The first-order chi connectivity index (χ1) is 18.9. The number of nitrogens with two attached hydrogens (primary N) is 1. The Morgan fingerprint density at radius 2 is 2.05 bits per heavy atom. The van der Waals surface area contributed by atoms with Crippen molar-refractivity contribution in [2.45, 2.75) is 19.1 Å². The smallest absolute Gasteiger partial charge is 0.287 e. The van der Waals surface area contributed by atoms with Gasteiger partial charge in [-0.25, -0.2) is 9.97 Å². The lowest BCUT2D eigenvalue weighted by Gasteiger charge is -2.41. The predicted octanol–water partition coefficient (Wildman–Crippen LogP) is 3.58. The molecule has 11 heteroatoms. The van der Waals surface area contributed by atoms with Gasteiger partial charge in [-0.05, 0) is 54.1 Å². The van der Waals surface area contributed by atoms with Crippen LogP contribution in [0.4, 0.5) is 5.82 Å². The third-order valence-electron chi connectivity index (χ3n) is 6.95. The molecule has 2 aromatic carbocycles. The average Bonchev–Trinajstić information content (AvgIpc) is 3.59. The van der Waals surface area contributed by atoms with Crippen LogP contribution in [0.25, 0.3) is 21.8 Å². The highest BCUT2D eigenvalue weighted by molar-refractivity contribution is 6.31. The molecule has 1 saturated heterocycles. The van der Waals surface area contributed by atoms with Gasteiger partial charge < -0.3 is 25.4 Å². The number of fused-ring (bicyclic) bond motifs is 2. The van der Waals surface area contributed by atoms with Crippen LogP contribution < -0.4 is 11.1 Å². The number of carbonyl (C=O) groups is 2. The number of hydrogen-bond donors (Lipinski definition) is 3. The molecular formula is C28H26ClN7O3. The molecule has 0 spiro atoms. The predicted molar refractivity (Wildman–Crippen MR) is 148 cm³/mol. The molecule has 39 heavy (non-hydrogen) atoms. The number of H-pyrrole nitrogens is 1. The van der Waals surface area contributed by atoms with E-state index in [4.69, 9.17) is 21.8 Å². The molecule has 5 aromatic rings. The number of anilines is 1. The first kappa shape index (κ1) is 24.9. The minimum atomic E-state index is -0.324. The Bertz CT molecular complexity index is 1670. The lowest BCUT2D eigenvalue weighted by Crippen LogP contribution is -2.59. The van der Waals surface area contributed by atoms with E-state index in [-0.39, 0.29) is 36.7 Å². The number of nitrogens with zero attached hydrogens (tertiary/aromatic N) is 4. The molecule has 4 heterocycles. The van der Waals surface area contributed by atoms with Gasteiger partial charge >= 0.3 is 0 Å². The molecule has 1 atom stereocenters. The molecule has 1 fully saturated rings. The fourth-order valence-corrected chi connectivity index (χ4v) is 5.25. The van der Waals surface area contributed by atoms with Crippen molar-refractivity contribution in [3.63, 3.8) is 0 Å². The molecule has 0 radical (unpaired) electrons. The van der Waals surface area contributed by atoms with Crippen molar-refractivity contribution in [1.82, 2.24) is 30.1 Å². The number of nitrogen functional groups attached to an aromatic ring is 1. The fourth-order valence-electron chi connectivity index (χ4n) is 5.07. The van der Waals surface area contributed by atoms with Crippen LogP contribution >= 0.6 is 11.6 Å². The summed E-state index contributed by atoms with van der Waals surface area (Å²) in [5, 5.41) is 5.38. The van der Waals surface area contributed by atoms with Gasteiger partial charge in [0.05, 0.1) is 24.4 Å². The van der Waals surface area contributed by atoms with Crippen LogP contribution in [0.5, 0.6) is 0 Å². The lowest BCUT2D eigenvalue weighted by atomic mass is 10.1. The molecule has 6 rings (SSSR count). The summed E-state index contributed by atoms with van der Waals surface area (Å²) in [7, 11) is 0. The zero-order chi connectivity index (χ0) is 26.9. The molecule has 0 bridgehead atoms. The Morgan fingerprint density at radius 3 is 2.90 bits per heavy atom. The van der Waals surface area contributed by atoms with Crippen molar-refractivity contribution >= 4 is 51.0 Å². The van der Waals surface area contributed by atoms with Gasteiger partial charge in [-0.3, -0.25) is 14.5 Å². The number of carbonyl (C=O) groups excluding carboxylic acids is 2. The van der Waals surface area contributed by atoms with E-state index in [9.17, 15) is 9.59 Å². The van der Waals surface area contributed by atoms with Crippen molar-refractivity contribution in [3.8, 4) is 0 Å². The minimum Gasteiger partial charge on any atom is -0.459 e. The maximum Gasteiger partial charge on any atom is 0.287 e. The largest absolute Gasteiger partial charge is 0.459 e. The van der Waals surface area contributed by atoms with Gasteiger partial charge in [-0.1, -0.05) is 17.7 Å². The summed E-state index contributed by atoms with van der Waals surface area (Å²) < 4.78 is 5.23. The van der Waals surface area contributed by atoms with Crippen LogP contribution in [-0.2, 0) is 17.9 Å². The van der Waals surface area contributed by atoms with Gasteiger partial charge in [0.2, 0.25) is 5.91 Å². The summed E-state index contributed by atoms with van der Waals surface area (Å²) >= 11 is 6.15. The van der Waals surface area contributed by atoms with Crippen molar-refractivity contribution in [2.75, 3.05) is 25.4 Å². The maximum absolute atomic E-state index is 13.5. The number of amides is 2. The van der Waals surface area contributed by atoms with Crippen LogP contribution in [0.1, 0.15) is 21.8 Å². The van der Waals surface area contributed by atoms with E-state index in [1.54, 1.807) is 12.1 Å². The highest BCUT2D eigenvalue weighted by Gasteiger charge is 2.33. The summed E-state index contributed by atoms with van der Waals surface area (Å²) in [6.45, 7) is 2.02. The average molecular weight is 544 g/mol. The van der Waals surface area contributed by atoms with Crippen molar-refractivity contribution in [1.29, 1.82) is 0 Å². The van der Waals surface area contributed by atoms with Crippen molar-refractivity contribution in [3.05, 3.63) is 89.2 Å². The molecule has 2 amide bonds. The number of benzene rings is 2. The van der Waals surface area contributed by atoms with E-state index in [1.807, 2.05) is 47.4 Å². The molecule has 10 nitrogen and oxygen atoms in total. The molecule has 1 aliphatic heterocycles. The highest BCUT2D eigenvalue weighted by atomic mass is 35.5. The van der Waals surface area contributed by atoms with Gasteiger partial charge in [0.25, 0.3) is 5.91 Å². The maximum atomic E-state index is 13.5. The van der Waals surface area contributed by atoms with Crippen LogP contribution in [-0.4, -0.2) is 62.2 Å². The second-order valence-electron chi connectivity index (χ2n) is 9.67. The zero-order valence-corrected chi connectivity index (χ0v) is 21.7. The lowest BCUT2D eigenvalue weighted by molar-refractivity contribution is -0.140. The number of furan rings is 1. The molecule has 1 aliphatic rings. The number of aromatic amines is 1. The molecule has 4 N–H and O–H groups in total. The van der Waals surface area contributed by atoms with E-state index < -0.39 is 0 Å². The van der Waals surface area contributed by atoms with Gasteiger partial charge in [0, 0.05) is 53.2 Å². The standard InChI is InChI=1S/C28H26ClN7O3/c29-19-4-6-23-18(9-19)10-20(34-23)13-35-14-21(11-31-28(38)25-2-1-7-39-25)36(26(37)15-35)12-17-3-5-22-24(8-17)32-16-33-27(22)30/h1-10,16,21,34H,11-15H2,(H,31,38)(H2,30,32,33)/t21-/m0/s1. The second kappa shape index (κ2) is 10.4. The van der Waals surface area contributed by atoms with E-state index in [0.717, 1.165) is 27.5 Å². The molecule has 0 aliphatic carbocycles. The Balaban J connectivity index is 1.22. The third kappa shape index (κ3) is 5.29. The van der Waals surface area contributed by atoms with Gasteiger partial charge in [0.1, 0.15) is 12.1 Å². The number of nitrogens with one attached hydrogen (secondary N) is 2. The number of aromatic nitrogens is 3. The van der Waals surface area contributed by atoms with Crippen LogP contribution in [0.15, 0.2) is 71.6 Å². The zero-order valence-electron chi connectivity index (χ0n) is 20.9. The Labute approximate surface area is 228 Å². The first-order valence-electron chi connectivity index (χ1n) is 12.5. The summed E-state index contributed by atoms with van der Waals surface area (Å²) in [6, 6.07) is 16.5. The summed E-state index contributed by atoms with van der Waals surface area (Å²) in [4.78, 5) is 41.8. The Hall–Kier alpha value is -4.41. The van der Waals surface area contributed by atoms with Crippen molar-refractivity contribution < 1.29 is 14.0 Å². The first-order valence-corrected chi connectivity index (χ1v) is 12.9. The van der Waals surface area contributed by atoms with Crippen molar-refractivity contribution in [2.24, 2.45) is 0 Å².